The van der Waals surface area contributed by atoms with Gasteiger partial charge in [-0.15, -0.1) is 5.10 Å². The van der Waals surface area contributed by atoms with Gasteiger partial charge in [-0.05, 0) is 17.2 Å². The Morgan fingerprint density at radius 3 is 2.50 bits per heavy atom. The number of hydrogen-bond donors (Lipinski definition) is 1. The fraction of sp³-hybridized carbons (Fsp3) is 0.0500. The Morgan fingerprint density at radius 1 is 1.11 bits per heavy atom. The van der Waals surface area contributed by atoms with Crippen molar-refractivity contribution in [1.82, 2.24) is 4.98 Å². The quantitative estimate of drug-likeness (QED) is 0.293. The number of aromatic nitrogens is 1. The van der Waals surface area contributed by atoms with Gasteiger partial charge in [-0.3, -0.25) is 10.1 Å². The summed E-state index contributed by atoms with van der Waals surface area (Å²) in [7, 11) is 0. The molecule has 0 fully saturated rings. The topological polar surface area (TPSA) is 107 Å². The fourth-order valence-corrected chi connectivity index (χ4v) is 2.93. The lowest BCUT2D eigenvalue weighted by molar-refractivity contribution is -0.385. The molecule has 0 radical (unpaired) electrons. The highest BCUT2D eigenvalue weighted by atomic mass is 32.2. The number of nitrogens with two attached hydrogens (primary N) is 1. The van der Waals surface area contributed by atoms with Crippen LogP contribution in [0.15, 0.2) is 83.1 Å². The highest BCUT2D eigenvalue weighted by molar-refractivity contribution is 8.13. The molecule has 0 aliphatic rings. The minimum atomic E-state index is -0.472. The van der Waals surface area contributed by atoms with Crippen LogP contribution in [0, 0.1) is 10.1 Å². The van der Waals surface area contributed by atoms with Gasteiger partial charge in [0, 0.05) is 17.4 Å². The predicted octanol–water partition coefficient (Wildman–Crippen LogP) is 4.24. The van der Waals surface area contributed by atoms with Crippen LogP contribution in [0.4, 0.5) is 5.69 Å². The van der Waals surface area contributed by atoms with Crippen molar-refractivity contribution in [3.05, 3.63) is 94.2 Å². The van der Waals surface area contributed by atoms with Crippen molar-refractivity contribution >= 4 is 28.8 Å². The third kappa shape index (κ3) is 5.49. The smallest absolute Gasteiger partial charge is 0.287 e. The van der Waals surface area contributed by atoms with Crippen LogP contribution >= 0.6 is 11.8 Å². The van der Waals surface area contributed by atoms with Crippen molar-refractivity contribution < 1.29 is 4.92 Å². The maximum Gasteiger partial charge on any atom is 0.287 e. The van der Waals surface area contributed by atoms with Crippen molar-refractivity contribution in [2.45, 2.75) is 5.75 Å². The average Bonchev–Trinajstić information content (AvgIpc) is 2.73. The summed E-state index contributed by atoms with van der Waals surface area (Å²) in [6.45, 7) is 0. The van der Waals surface area contributed by atoms with Crippen LogP contribution in [0.25, 0.3) is 11.3 Å². The molecule has 8 heteroatoms. The standard InChI is InChI=1S/C20H17N5O2S/c21-20(28-14-16-4-2-1-3-5-16)24-23-12-15-6-8-17(9-7-15)19-11-10-18(13-22-19)25(26)27/h1-13H,14H2,(H2,21,24). The first-order valence-electron chi connectivity index (χ1n) is 8.36. The highest BCUT2D eigenvalue weighted by Gasteiger charge is 2.06. The molecule has 2 N–H and O–H groups in total. The number of nitrogens with zero attached hydrogens (tertiary/aromatic N) is 4. The van der Waals surface area contributed by atoms with E-state index >= 15 is 0 Å². The van der Waals surface area contributed by atoms with Gasteiger partial charge in [0.15, 0.2) is 5.17 Å². The Balaban J connectivity index is 1.58. The molecule has 0 spiro atoms. The molecule has 3 aromatic rings. The number of hydrogen-bond acceptors (Lipinski definition) is 6. The van der Waals surface area contributed by atoms with E-state index in [1.54, 1.807) is 12.3 Å². The van der Waals surface area contributed by atoms with E-state index in [0.717, 1.165) is 16.9 Å². The first kappa shape index (κ1) is 19.2. The van der Waals surface area contributed by atoms with Crippen molar-refractivity contribution in [2.24, 2.45) is 15.9 Å². The monoisotopic (exact) mass is 391 g/mol. The van der Waals surface area contributed by atoms with Gasteiger partial charge in [-0.25, -0.2) is 4.98 Å². The summed E-state index contributed by atoms with van der Waals surface area (Å²) < 4.78 is 0. The van der Waals surface area contributed by atoms with E-state index in [4.69, 9.17) is 5.73 Å². The van der Waals surface area contributed by atoms with Crippen LogP contribution in [0.2, 0.25) is 0 Å². The van der Waals surface area contributed by atoms with Gasteiger partial charge in [0.1, 0.15) is 6.20 Å². The Morgan fingerprint density at radius 2 is 1.86 bits per heavy atom. The number of nitro groups is 1. The average molecular weight is 391 g/mol. The van der Waals surface area contributed by atoms with E-state index in [1.165, 1.54) is 29.6 Å². The number of amidine groups is 1. The summed E-state index contributed by atoms with van der Waals surface area (Å²) in [4.78, 5) is 14.3. The molecule has 1 heterocycles. The molecule has 28 heavy (non-hydrogen) atoms. The Labute approximate surface area is 166 Å². The first-order valence-corrected chi connectivity index (χ1v) is 9.34. The van der Waals surface area contributed by atoms with E-state index in [2.05, 4.69) is 15.2 Å². The number of thioether (sulfide) groups is 1. The van der Waals surface area contributed by atoms with Gasteiger partial charge in [0.05, 0.1) is 16.8 Å². The zero-order valence-corrected chi connectivity index (χ0v) is 15.6. The van der Waals surface area contributed by atoms with Crippen LogP contribution in [-0.2, 0) is 5.75 Å². The molecule has 0 amide bonds. The summed E-state index contributed by atoms with van der Waals surface area (Å²) in [5.41, 5.74) is 9.37. The second kappa shape index (κ2) is 9.43. The van der Waals surface area contributed by atoms with Crippen LogP contribution in [-0.4, -0.2) is 21.3 Å². The summed E-state index contributed by atoms with van der Waals surface area (Å²) >= 11 is 1.43. The maximum absolute atomic E-state index is 10.7. The van der Waals surface area contributed by atoms with Crippen molar-refractivity contribution in [2.75, 3.05) is 0 Å². The molecule has 0 unspecified atom stereocenters. The van der Waals surface area contributed by atoms with Gasteiger partial charge in [0.2, 0.25) is 0 Å². The number of rotatable bonds is 6. The molecule has 0 bridgehead atoms. The van der Waals surface area contributed by atoms with Gasteiger partial charge in [-0.1, -0.05) is 66.4 Å². The molecule has 0 aliphatic carbocycles. The maximum atomic E-state index is 10.7. The van der Waals surface area contributed by atoms with Crippen LogP contribution in [0.1, 0.15) is 11.1 Å². The Kier molecular flexibility index (Phi) is 6.48. The Bertz CT molecular complexity index is 987. The third-order valence-electron chi connectivity index (χ3n) is 3.76. The second-order valence-corrected chi connectivity index (χ2v) is 6.73. The molecule has 0 saturated carbocycles. The SMILES string of the molecule is NC(=NN=Cc1ccc(-c2ccc([N+](=O)[O-])cn2)cc1)SCc1ccccc1. The zero-order chi connectivity index (χ0) is 19.8. The lowest BCUT2D eigenvalue weighted by Crippen LogP contribution is -2.05. The van der Waals surface area contributed by atoms with Crippen molar-refractivity contribution in [1.29, 1.82) is 0 Å². The normalized spacial score (nSPS) is 11.6. The zero-order valence-electron chi connectivity index (χ0n) is 14.8. The number of benzene rings is 2. The van der Waals surface area contributed by atoms with E-state index in [-0.39, 0.29) is 5.69 Å². The molecule has 1 aromatic heterocycles. The minimum Gasteiger partial charge on any atom is -0.377 e. The van der Waals surface area contributed by atoms with E-state index in [0.29, 0.717) is 10.9 Å². The predicted molar refractivity (Wildman–Crippen MR) is 113 cm³/mol. The third-order valence-corrected chi connectivity index (χ3v) is 4.61. The van der Waals surface area contributed by atoms with Gasteiger partial charge >= 0.3 is 0 Å². The summed E-state index contributed by atoms with van der Waals surface area (Å²) in [5, 5.41) is 19.1. The molecule has 140 valence electrons. The van der Waals surface area contributed by atoms with E-state index < -0.39 is 4.92 Å². The summed E-state index contributed by atoms with van der Waals surface area (Å²) in [5.74, 6) is 0.739. The van der Waals surface area contributed by atoms with Gasteiger partial charge in [-0.2, -0.15) is 5.10 Å². The Hall–Kier alpha value is -3.52. The second-order valence-electron chi connectivity index (χ2n) is 5.74. The molecule has 0 saturated heterocycles. The highest BCUT2D eigenvalue weighted by Crippen LogP contribution is 2.19. The van der Waals surface area contributed by atoms with Crippen LogP contribution < -0.4 is 5.73 Å². The largest absolute Gasteiger partial charge is 0.377 e. The fourth-order valence-electron chi connectivity index (χ4n) is 2.32. The molecule has 3 rings (SSSR count). The van der Waals surface area contributed by atoms with Crippen molar-refractivity contribution in [3.63, 3.8) is 0 Å². The first-order chi connectivity index (χ1) is 13.6. The van der Waals surface area contributed by atoms with Gasteiger partial charge < -0.3 is 5.73 Å². The molecular weight excluding hydrogens is 374 g/mol. The molecule has 0 aliphatic heterocycles. The lowest BCUT2D eigenvalue weighted by atomic mass is 10.1. The van der Waals surface area contributed by atoms with Gasteiger partial charge in [0.25, 0.3) is 5.69 Å². The minimum absolute atomic E-state index is 0.0342. The molecule has 2 aromatic carbocycles. The summed E-state index contributed by atoms with van der Waals surface area (Å²) in [6.07, 6.45) is 2.86. The van der Waals surface area contributed by atoms with Crippen LogP contribution in [0.3, 0.4) is 0 Å². The molecular formula is C20H17N5O2S. The summed E-state index contributed by atoms with van der Waals surface area (Å²) in [6, 6.07) is 20.5. The van der Waals surface area contributed by atoms with E-state index in [1.807, 2.05) is 54.6 Å². The molecule has 0 atom stereocenters. The van der Waals surface area contributed by atoms with E-state index in [9.17, 15) is 10.1 Å². The van der Waals surface area contributed by atoms with Crippen molar-refractivity contribution in [3.8, 4) is 11.3 Å². The number of pyridine rings is 1. The molecule has 7 nitrogen and oxygen atoms in total. The lowest BCUT2D eigenvalue weighted by Gasteiger charge is -2.01. The van der Waals surface area contributed by atoms with Crippen LogP contribution in [0.5, 0.6) is 0 Å².